The first-order valence-corrected chi connectivity index (χ1v) is 9.85. The summed E-state index contributed by atoms with van der Waals surface area (Å²) in [5.74, 6) is 2.24. The van der Waals surface area contributed by atoms with Crippen molar-refractivity contribution in [1.29, 1.82) is 0 Å². The molecule has 3 aromatic rings. The largest absolute Gasteiger partial charge is 0.483 e. The summed E-state index contributed by atoms with van der Waals surface area (Å²) in [6.07, 6.45) is 0. The van der Waals surface area contributed by atoms with E-state index in [0.717, 1.165) is 28.3 Å². The summed E-state index contributed by atoms with van der Waals surface area (Å²) in [5, 5.41) is 5.21. The van der Waals surface area contributed by atoms with Crippen LogP contribution in [0.4, 0.5) is 5.13 Å². The van der Waals surface area contributed by atoms with Crippen LogP contribution in [0.15, 0.2) is 47.8 Å². The number of benzene rings is 2. The molecule has 0 aliphatic carbocycles. The number of fused-ring (bicyclic) bond motifs is 1. The second kappa shape index (κ2) is 7.90. The first kappa shape index (κ1) is 18.3. The molecule has 0 unspecified atom stereocenters. The van der Waals surface area contributed by atoms with Gasteiger partial charge in [-0.3, -0.25) is 10.1 Å². The van der Waals surface area contributed by atoms with Crippen molar-refractivity contribution in [2.75, 3.05) is 18.7 Å². The molecule has 0 bridgehead atoms. The minimum atomic E-state index is -0.245. The maximum Gasteiger partial charge on any atom is 0.264 e. The normalized spacial score (nSPS) is 12.2. The summed E-state index contributed by atoms with van der Waals surface area (Å²) in [7, 11) is 0. The van der Waals surface area contributed by atoms with Gasteiger partial charge in [0.15, 0.2) is 23.2 Å². The SMILES string of the molecule is CC(C)c1ccccc1OCC(=O)Nc1nc(-c2ccc3c(c2)OCO3)cs1. The molecule has 1 N–H and O–H groups in total. The van der Waals surface area contributed by atoms with Crippen LogP contribution in [-0.2, 0) is 4.79 Å². The topological polar surface area (TPSA) is 69.7 Å². The van der Waals surface area contributed by atoms with E-state index in [0.29, 0.717) is 16.8 Å². The minimum Gasteiger partial charge on any atom is -0.483 e. The fraction of sp³-hybridized carbons (Fsp3) is 0.238. The van der Waals surface area contributed by atoms with Crippen molar-refractivity contribution in [3.8, 4) is 28.5 Å². The molecule has 144 valence electrons. The lowest BCUT2D eigenvalue weighted by molar-refractivity contribution is -0.118. The number of carbonyl (C=O) groups is 1. The van der Waals surface area contributed by atoms with Gasteiger partial charge in [0.1, 0.15) is 5.75 Å². The second-order valence-electron chi connectivity index (χ2n) is 6.64. The molecule has 0 radical (unpaired) electrons. The van der Waals surface area contributed by atoms with Crippen molar-refractivity contribution < 1.29 is 19.0 Å². The molecule has 0 saturated heterocycles. The molecule has 1 aromatic heterocycles. The molecule has 2 aromatic carbocycles. The van der Waals surface area contributed by atoms with E-state index in [1.165, 1.54) is 11.3 Å². The first-order valence-electron chi connectivity index (χ1n) is 8.97. The van der Waals surface area contributed by atoms with Crippen molar-refractivity contribution in [2.45, 2.75) is 19.8 Å². The van der Waals surface area contributed by atoms with E-state index in [1.54, 1.807) is 0 Å². The highest BCUT2D eigenvalue weighted by Gasteiger charge is 2.16. The van der Waals surface area contributed by atoms with Gasteiger partial charge in [-0.25, -0.2) is 4.98 Å². The number of ether oxygens (including phenoxy) is 3. The fourth-order valence-electron chi connectivity index (χ4n) is 2.91. The Bertz CT molecular complexity index is 1000. The molecule has 1 aliphatic heterocycles. The van der Waals surface area contributed by atoms with Gasteiger partial charge in [0.2, 0.25) is 6.79 Å². The van der Waals surface area contributed by atoms with E-state index in [-0.39, 0.29) is 19.3 Å². The van der Waals surface area contributed by atoms with Crippen molar-refractivity contribution in [2.24, 2.45) is 0 Å². The lowest BCUT2D eigenvalue weighted by atomic mass is 10.0. The Kier molecular flexibility index (Phi) is 5.16. The highest BCUT2D eigenvalue weighted by Crippen LogP contribution is 2.36. The van der Waals surface area contributed by atoms with E-state index in [1.807, 2.05) is 47.8 Å². The molecule has 28 heavy (non-hydrogen) atoms. The molecular formula is C21H20N2O4S. The van der Waals surface area contributed by atoms with Gasteiger partial charge in [-0.05, 0) is 35.7 Å². The fourth-order valence-corrected chi connectivity index (χ4v) is 3.64. The summed E-state index contributed by atoms with van der Waals surface area (Å²) >= 11 is 1.37. The standard InChI is InChI=1S/C21H20N2O4S/c1-13(2)15-5-3-4-6-17(15)25-10-20(24)23-21-22-16(11-28-21)14-7-8-18-19(9-14)27-12-26-18/h3-9,11,13H,10,12H2,1-2H3,(H,22,23,24). The van der Waals surface area contributed by atoms with Crippen molar-refractivity contribution >= 4 is 22.4 Å². The average Bonchev–Trinajstić information content (AvgIpc) is 3.35. The summed E-state index contributed by atoms with van der Waals surface area (Å²) in [4.78, 5) is 16.7. The van der Waals surface area contributed by atoms with Crippen LogP contribution in [0.2, 0.25) is 0 Å². The summed E-state index contributed by atoms with van der Waals surface area (Å²) in [6.45, 7) is 4.35. The van der Waals surface area contributed by atoms with Crippen LogP contribution in [0.25, 0.3) is 11.3 Å². The molecular weight excluding hydrogens is 376 g/mol. The van der Waals surface area contributed by atoms with Crippen LogP contribution in [0, 0.1) is 0 Å². The lowest BCUT2D eigenvalue weighted by Gasteiger charge is -2.13. The number of rotatable bonds is 6. The zero-order valence-electron chi connectivity index (χ0n) is 15.6. The van der Waals surface area contributed by atoms with Crippen LogP contribution < -0.4 is 19.5 Å². The molecule has 2 heterocycles. The predicted molar refractivity (Wildman–Crippen MR) is 108 cm³/mol. The Morgan fingerprint density at radius 1 is 1.21 bits per heavy atom. The third kappa shape index (κ3) is 3.94. The maximum atomic E-state index is 12.3. The Labute approximate surface area is 167 Å². The highest BCUT2D eigenvalue weighted by atomic mass is 32.1. The van der Waals surface area contributed by atoms with Gasteiger partial charge < -0.3 is 14.2 Å². The van der Waals surface area contributed by atoms with Crippen LogP contribution in [0.3, 0.4) is 0 Å². The van der Waals surface area contributed by atoms with E-state index >= 15 is 0 Å². The van der Waals surface area contributed by atoms with Crippen LogP contribution in [0.5, 0.6) is 17.2 Å². The number of hydrogen-bond donors (Lipinski definition) is 1. The smallest absolute Gasteiger partial charge is 0.264 e. The summed E-state index contributed by atoms with van der Waals surface area (Å²) in [5.41, 5.74) is 2.75. The van der Waals surface area contributed by atoms with E-state index in [2.05, 4.69) is 24.1 Å². The van der Waals surface area contributed by atoms with Crippen LogP contribution in [0.1, 0.15) is 25.3 Å². The Morgan fingerprint density at radius 3 is 2.89 bits per heavy atom. The van der Waals surface area contributed by atoms with Gasteiger partial charge in [-0.1, -0.05) is 32.0 Å². The Morgan fingerprint density at radius 2 is 2.04 bits per heavy atom. The molecule has 0 atom stereocenters. The number of amides is 1. The van der Waals surface area contributed by atoms with Crippen molar-refractivity contribution in [1.82, 2.24) is 4.98 Å². The third-order valence-electron chi connectivity index (χ3n) is 4.32. The van der Waals surface area contributed by atoms with Gasteiger partial charge >= 0.3 is 0 Å². The van der Waals surface area contributed by atoms with E-state index < -0.39 is 0 Å². The number of anilines is 1. The quantitative estimate of drug-likeness (QED) is 0.655. The number of hydrogen-bond acceptors (Lipinski definition) is 6. The maximum absolute atomic E-state index is 12.3. The Balaban J connectivity index is 1.38. The zero-order chi connectivity index (χ0) is 19.5. The van der Waals surface area contributed by atoms with E-state index in [9.17, 15) is 4.79 Å². The number of aromatic nitrogens is 1. The molecule has 6 nitrogen and oxygen atoms in total. The average molecular weight is 396 g/mol. The summed E-state index contributed by atoms with van der Waals surface area (Å²) < 4.78 is 16.4. The Hall–Kier alpha value is -3.06. The first-order chi connectivity index (χ1) is 13.6. The van der Waals surface area contributed by atoms with Gasteiger partial charge in [-0.15, -0.1) is 11.3 Å². The molecule has 0 fully saturated rings. The predicted octanol–water partition coefficient (Wildman–Crippen LogP) is 4.68. The van der Waals surface area contributed by atoms with Crippen molar-refractivity contribution in [3.63, 3.8) is 0 Å². The number of thiazole rings is 1. The molecule has 7 heteroatoms. The van der Waals surface area contributed by atoms with Gasteiger partial charge in [0, 0.05) is 10.9 Å². The molecule has 1 aliphatic rings. The highest BCUT2D eigenvalue weighted by molar-refractivity contribution is 7.14. The molecule has 0 saturated carbocycles. The number of nitrogens with zero attached hydrogens (tertiary/aromatic N) is 1. The lowest BCUT2D eigenvalue weighted by Crippen LogP contribution is -2.20. The number of nitrogens with one attached hydrogen (secondary N) is 1. The second-order valence-corrected chi connectivity index (χ2v) is 7.49. The van der Waals surface area contributed by atoms with Gasteiger partial charge in [0.25, 0.3) is 5.91 Å². The minimum absolute atomic E-state index is 0.0668. The van der Waals surface area contributed by atoms with E-state index in [4.69, 9.17) is 14.2 Å². The van der Waals surface area contributed by atoms with Gasteiger partial charge in [0.05, 0.1) is 5.69 Å². The summed E-state index contributed by atoms with van der Waals surface area (Å²) in [6, 6.07) is 13.4. The number of para-hydroxylation sites is 1. The molecule has 4 rings (SSSR count). The zero-order valence-corrected chi connectivity index (χ0v) is 16.4. The molecule has 1 amide bonds. The monoisotopic (exact) mass is 396 g/mol. The van der Waals surface area contributed by atoms with Crippen molar-refractivity contribution in [3.05, 3.63) is 53.4 Å². The number of carbonyl (C=O) groups excluding carboxylic acids is 1. The van der Waals surface area contributed by atoms with Gasteiger partial charge in [-0.2, -0.15) is 0 Å². The third-order valence-corrected chi connectivity index (χ3v) is 5.08. The van der Waals surface area contributed by atoms with Crippen LogP contribution in [-0.4, -0.2) is 24.3 Å². The van der Waals surface area contributed by atoms with Crippen LogP contribution >= 0.6 is 11.3 Å². The molecule has 0 spiro atoms.